The lowest BCUT2D eigenvalue weighted by Gasteiger charge is -2.17. The Kier molecular flexibility index (Phi) is 5.57. The zero-order valence-electron chi connectivity index (χ0n) is 11.4. The number of hydrogen-bond acceptors (Lipinski definition) is 3. The van der Waals surface area contributed by atoms with Crippen LogP contribution in [0.3, 0.4) is 0 Å². The molecule has 0 saturated heterocycles. The van der Waals surface area contributed by atoms with Crippen LogP contribution in [0.25, 0.3) is 0 Å². The van der Waals surface area contributed by atoms with E-state index in [1.54, 1.807) is 29.6 Å². The van der Waals surface area contributed by atoms with E-state index < -0.39 is 25.2 Å². The Hall–Kier alpha value is -2.25. The summed E-state index contributed by atoms with van der Waals surface area (Å²) in [6.07, 6.45) is -4.45. The highest BCUT2D eigenvalue weighted by atomic mass is 19.4. The number of halogens is 3. The molecule has 0 atom stereocenters. The molecule has 0 aliphatic heterocycles. The van der Waals surface area contributed by atoms with Gasteiger partial charge in [0.15, 0.2) is 0 Å². The fraction of sp³-hybridized carbons (Fsp3) is 0.385. The predicted molar refractivity (Wildman–Crippen MR) is 71.3 cm³/mol. The highest BCUT2D eigenvalue weighted by molar-refractivity contribution is 5.85. The van der Waals surface area contributed by atoms with E-state index in [1.165, 1.54) is 7.05 Å². The number of alkyl halides is 3. The van der Waals surface area contributed by atoms with Gasteiger partial charge in [0, 0.05) is 12.7 Å². The van der Waals surface area contributed by atoms with Gasteiger partial charge in [-0.3, -0.25) is 9.59 Å². The molecule has 1 aromatic carbocycles. The second-order valence-electron chi connectivity index (χ2n) is 4.56. The van der Waals surface area contributed by atoms with Crippen molar-refractivity contribution in [1.82, 2.24) is 10.2 Å². The van der Waals surface area contributed by atoms with E-state index in [0.717, 1.165) is 4.90 Å². The molecule has 116 valence electrons. The molecule has 5 nitrogen and oxygen atoms in total. The van der Waals surface area contributed by atoms with Crippen molar-refractivity contribution in [1.29, 1.82) is 0 Å². The van der Waals surface area contributed by atoms with Crippen LogP contribution in [0.5, 0.6) is 0 Å². The van der Waals surface area contributed by atoms with Crippen molar-refractivity contribution in [2.75, 3.05) is 25.9 Å². The van der Waals surface area contributed by atoms with Gasteiger partial charge in [0.25, 0.3) is 0 Å². The van der Waals surface area contributed by atoms with Gasteiger partial charge in [-0.15, -0.1) is 0 Å². The first kappa shape index (κ1) is 16.8. The third-order valence-corrected chi connectivity index (χ3v) is 2.60. The van der Waals surface area contributed by atoms with Crippen molar-refractivity contribution >= 4 is 17.5 Å². The molecule has 0 heterocycles. The lowest BCUT2D eigenvalue weighted by Crippen LogP contribution is -2.42. The number of benzene rings is 1. The number of nitrogens with two attached hydrogens (primary N) is 1. The number of likely N-dealkylation sites (N-methyl/N-ethyl adjacent to an activating group) is 1. The van der Waals surface area contributed by atoms with Crippen LogP contribution in [0, 0.1) is 0 Å². The minimum Gasteiger partial charge on any atom is -0.399 e. The quantitative estimate of drug-likeness (QED) is 0.795. The molecular weight excluding hydrogens is 287 g/mol. The number of carbonyl (C=O) groups excluding carboxylic acids is 2. The first-order valence-corrected chi connectivity index (χ1v) is 6.09. The summed E-state index contributed by atoms with van der Waals surface area (Å²) in [7, 11) is 1.35. The molecule has 0 aromatic heterocycles. The fourth-order valence-corrected chi connectivity index (χ4v) is 1.57. The minimum absolute atomic E-state index is 0.0219. The number of nitrogens with zero attached hydrogens (tertiary/aromatic N) is 1. The van der Waals surface area contributed by atoms with E-state index in [0.29, 0.717) is 11.3 Å². The molecule has 0 aliphatic carbocycles. The van der Waals surface area contributed by atoms with Crippen LogP contribution in [0.1, 0.15) is 5.56 Å². The topological polar surface area (TPSA) is 75.4 Å². The van der Waals surface area contributed by atoms with Crippen LogP contribution in [-0.4, -0.2) is 43.0 Å². The molecule has 1 aromatic rings. The van der Waals surface area contributed by atoms with E-state index in [1.807, 2.05) is 0 Å². The van der Waals surface area contributed by atoms with Gasteiger partial charge in [-0.25, -0.2) is 0 Å². The van der Waals surface area contributed by atoms with Crippen molar-refractivity contribution in [2.45, 2.75) is 12.6 Å². The summed E-state index contributed by atoms with van der Waals surface area (Å²) in [5, 5.41) is 1.70. The number of rotatable bonds is 5. The third kappa shape index (κ3) is 6.64. The molecule has 8 heteroatoms. The summed E-state index contributed by atoms with van der Waals surface area (Å²) in [5.74, 6) is -1.25. The largest absolute Gasteiger partial charge is 0.405 e. The average Bonchev–Trinajstić information content (AvgIpc) is 2.35. The van der Waals surface area contributed by atoms with Gasteiger partial charge in [0.2, 0.25) is 11.8 Å². The van der Waals surface area contributed by atoms with Gasteiger partial charge < -0.3 is 16.0 Å². The van der Waals surface area contributed by atoms with E-state index in [9.17, 15) is 22.8 Å². The molecular formula is C13H16F3N3O2. The minimum atomic E-state index is -4.47. The van der Waals surface area contributed by atoms with Gasteiger partial charge >= 0.3 is 6.18 Å². The molecule has 0 radical (unpaired) electrons. The van der Waals surface area contributed by atoms with E-state index in [2.05, 4.69) is 0 Å². The molecule has 0 fully saturated rings. The van der Waals surface area contributed by atoms with E-state index in [-0.39, 0.29) is 12.3 Å². The average molecular weight is 303 g/mol. The summed E-state index contributed by atoms with van der Waals surface area (Å²) in [6, 6.07) is 6.68. The molecule has 0 bridgehead atoms. The number of nitrogens with one attached hydrogen (secondary N) is 1. The van der Waals surface area contributed by atoms with Crippen LogP contribution in [-0.2, 0) is 16.0 Å². The summed E-state index contributed by atoms with van der Waals surface area (Å²) < 4.78 is 35.8. The normalized spacial score (nSPS) is 11.0. The third-order valence-electron chi connectivity index (χ3n) is 2.60. The first-order chi connectivity index (χ1) is 9.67. The standard InChI is InChI=1S/C13H16F3N3O2/c1-19(7-11(20)18-8-13(14,15)16)12(21)6-9-3-2-4-10(17)5-9/h2-5H,6-8,17H2,1H3,(H,18,20). The maximum atomic E-state index is 11.9. The Morgan fingerprint density at radius 2 is 2.00 bits per heavy atom. The molecule has 0 spiro atoms. The van der Waals surface area contributed by atoms with Crippen molar-refractivity contribution in [3.63, 3.8) is 0 Å². The van der Waals surface area contributed by atoms with Gasteiger partial charge in [0.05, 0.1) is 13.0 Å². The van der Waals surface area contributed by atoms with E-state index in [4.69, 9.17) is 5.73 Å². The molecule has 0 aliphatic rings. The van der Waals surface area contributed by atoms with Gasteiger partial charge in [0.1, 0.15) is 6.54 Å². The SMILES string of the molecule is CN(CC(=O)NCC(F)(F)F)C(=O)Cc1cccc(N)c1. The molecule has 1 rings (SSSR count). The highest BCUT2D eigenvalue weighted by Crippen LogP contribution is 2.12. The fourth-order valence-electron chi connectivity index (χ4n) is 1.57. The maximum Gasteiger partial charge on any atom is 0.405 e. The smallest absolute Gasteiger partial charge is 0.399 e. The lowest BCUT2D eigenvalue weighted by molar-refractivity contribution is -0.141. The van der Waals surface area contributed by atoms with Gasteiger partial charge in [-0.05, 0) is 17.7 Å². The van der Waals surface area contributed by atoms with Gasteiger partial charge in [-0.2, -0.15) is 13.2 Å². The molecule has 0 saturated carbocycles. The van der Waals surface area contributed by atoms with Crippen LogP contribution >= 0.6 is 0 Å². The van der Waals surface area contributed by atoms with Crippen LogP contribution in [0.4, 0.5) is 18.9 Å². The summed E-state index contributed by atoms with van der Waals surface area (Å²) in [6.45, 7) is -1.85. The van der Waals surface area contributed by atoms with E-state index >= 15 is 0 Å². The van der Waals surface area contributed by atoms with Crippen molar-refractivity contribution in [2.24, 2.45) is 0 Å². The second kappa shape index (κ2) is 6.96. The molecule has 0 unspecified atom stereocenters. The number of anilines is 1. The summed E-state index contributed by atoms with van der Waals surface area (Å²) in [4.78, 5) is 24.2. The van der Waals surface area contributed by atoms with Gasteiger partial charge in [-0.1, -0.05) is 12.1 Å². The van der Waals surface area contributed by atoms with Crippen molar-refractivity contribution in [3.05, 3.63) is 29.8 Å². The van der Waals surface area contributed by atoms with Crippen molar-refractivity contribution in [3.8, 4) is 0 Å². The Labute approximate surface area is 119 Å². The Bertz CT molecular complexity index is 518. The molecule has 3 N–H and O–H groups in total. The van der Waals surface area contributed by atoms with Crippen LogP contribution in [0.15, 0.2) is 24.3 Å². The first-order valence-electron chi connectivity index (χ1n) is 6.09. The highest BCUT2D eigenvalue weighted by Gasteiger charge is 2.28. The zero-order chi connectivity index (χ0) is 16.0. The predicted octanol–water partition coefficient (Wildman–Crippen LogP) is 0.948. The molecule has 21 heavy (non-hydrogen) atoms. The number of nitrogen functional groups attached to an aromatic ring is 1. The monoisotopic (exact) mass is 303 g/mol. The van der Waals surface area contributed by atoms with Crippen molar-refractivity contribution < 1.29 is 22.8 Å². The maximum absolute atomic E-state index is 11.9. The van der Waals surface area contributed by atoms with Crippen LogP contribution < -0.4 is 11.1 Å². The number of amides is 2. The number of hydrogen-bond donors (Lipinski definition) is 2. The Morgan fingerprint density at radius 3 is 2.57 bits per heavy atom. The summed E-state index contributed by atoms with van der Waals surface area (Å²) >= 11 is 0. The van der Waals surface area contributed by atoms with Crippen LogP contribution in [0.2, 0.25) is 0 Å². The zero-order valence-corrected chi connectivity index (χ0v) is 11.4. The Morgan fingerprint density at radius 1 is 1.33 bits per heavy atom. The second-order valence-corrected chi connectivity index (χ2v) is 4.56. The molecule has 2 amide bonds. The number of carbonyl (C=O) groups is 2. The lowest BCUT2D eigenvalue weighted by atomic mass is 10.1. The summed E-state index contributed by atoms with van der Waals surface area (Å²) in [5.41, 5.74) is 6.75. The Balaban J connectivity index is 2.46.